The first-order chi connectivity index (χ1) is 9.24. The highest BCUT2D eigenvalue weighted by Crippen LogP contribution is 2.29. The molecule has 1 heterocycles. The molecule has 0 fully saturated rings. The Morgan fingerprint density at radius 3 is 2.37 bits per heavy atom. The zero-order valence-electron chi connectivity index (χ0n) is 11.2. The molecule has 0 radical (unpaired) electrons. The van der Waals surface area contributed by atoms with Crippen LogP contribution in [0.15, 0.2) is 41.8 Å². The molecule has 102 valence electrons. The lowest BCUT2D eigenvalue weighted by Crippen LogP contribution is -2.30. The van der Waals surface area contributed by atoms with E-state index in [1.54, 1.807) is 18.4 Å². The van der Waals surface area contributed by atoms with Crippen molar-refractivity contribution in [2.45, 2.75) is 25.5 Å². The lowest BCUT2D eigenvalue weighted by molar-refractivity contribution is 0.174. The van der Waals surface area contributed by atoms with Crippen LogP contribution in [0.4, 0.5) is 0 Å². The fraction of sp³-hybridized carbons (Fsp3) is 0.333. The van der Waals surface area contributed by atoms with E-state index in [4.69, 9.17) is 15.2 Å². The van der Waals surface area contributed by atoms with Crippen molar-refractivity contribution in [2.24, 2.45) is 5.73 Å². The van der Waals surface area contributed by atoms with Crippen LogP contribution in [0.2, 0.25) is 0 Å². The van der Waals surface area contributed by atoms with Crippen LogP contribution in [-0.2, 0) is 0 Å². The predicted octanol–water partition coefficient (Wildman–Crippen LogP) is 3.61. The van der Waals surface area contributed by atoms with Crippen molar-refractivity contribution in [1.29, 1.82) is 0 Å². The van der Waals surface area contributed by atoms with E-state index in [0.717, 1.165) is 22.8 Å². The van der Waals surface area contributed by atoms with Crippen LogP contribution in [0.3, 0.4) is 0 Å². The van der Waals surface area contributed by atoms with Gasteiger partial charge in [0.2, 0.25) is 0 Å². The third-order valence-corrected chi connectivity index (χ3v) is 3.94. The van der Waals surface area contributed by atoms with Crippen molar-refractivity contribution in [2.75, 3.05) is 7.11 Å². The summed E-state index contributed by atoms with van der Waals surface area (Å²) < 4.78 is 11.2. The summed E-state index contributed by atoms with van der Waals surface area (Å²) in [7, 11) is 1.65. The molecule has 2 rings (SSSR count). The highest BCUT2D eigenvalue weighted by molar-refractivity contribution is 7.10. The number of hydrogen-bond acceptors (Lipinski definition) is 4. The van der Waals surface area contributed by atoms with E-state index in [9.17, 15) is 0 Å². The maximum absolute atomic E-state index is 6.17. The van der Waals surface area contributed by atoms with Gasteiger partial charge in [-0.1, -0.05) is 13.0 Å². The maximum Gasteiger partial charge on any atom is 0.148 e. The van der Waals surface area contributed by atoms with E-state index in [1.807, 2.05) is 35.7 Å². The Morgan fingerprint density at radius 1 is 1.16 bits per heavy atom. The molecule has 1 aromatic carbocycles. The number of ether oxygens (including phenoxy) is 2. The largest absolute Gasteiger partial charge is 0.497 e. The van der Waals surface area contributed by atoms with Gasteiger partial charge in [0.05, 0.1) is 7.11 Å². The van der Waals surface area contributed by atoms with Gasteiger partial charge in [0.15, 0.2) is 0 Å². The Bertz CT molecular complexity index is 481. The number of benzene rings is 1. The van der Waals surface area contributed by atoms with Gasteiger partial charge in [-0.15, -0.1) is 11.3 Å². The van der Waals surface area contributed by atoms with Crippen LogP contribution in [0.1, 0.15) is 24.3 Å². The zero-order valence-corrected chi connectivity index (χ0v) is 12.0. The third kappa shape index (κ3) is 3.49. The molecule has 0 saturated heterocycles. The van der Waals surface area contributed by atoms with Gasteiger partial charge in [0, 0.05) is 10.9 Å². The van der Waals surface area contributed by atoms with Crippen molar-refractivity contribution in [3.63, 3.8) is 0 Å². The monoisotopic (exact) mass is 277 g/mol. The maximum atomic E-state index is 6.17. The molecular weight excluding hydrogens is 258 g/mol. The summed E-state index contributed by atoms with van der Waals surface area (Å²) in [5.41, 5.74) is 6.17. The summed E-state index contributed by atoms with van der Waals surface area (Å²) in [6.45, 7) is 2.07. The molecular formula is C15H19NO2S. The van der Waals surface area contributed by atoms with E-state index >= 15 is 0 Å². The van der Waals surface area contributed by atoms with E-state index in [1.165, 1.54) is 0 Å². The van der Waals surface area contributed by atoms with E-state index < -0.39 is 0 Å². The fourth-order valence-electron chi connectivity index (χ4n) is 1.82. The first-order valence-electron chi connectivity index (χ1n) is 6.34. The summed E-state index contributed by atoms with van der Waals surface area (Å²) in [5, 5.41) is 2.04. The second kappa shape index (κ2) is 6.59. The Labute approximate surface area is 118 Å². The van der Waals surface area contributed by atoms with Gasteiger partial charge in [0.25, 0.3) is 0 Å². The minimum Gasteiger partial charge on any atom is -0.497 e. The molecule has 0 amide bonds. The molecule has 0 aliphatic rings. The zero-order chi connectivity index (χ0) is 13.7. The van der Waals surface area contributed by atoms with Crippen LogP contribution in [0.5, 0.6) is 11.5 Å². The molecule has 2 aromatic rings. The second-order valence-corrected chi connectivity index (χ2v) is 5.28. The fourth-order valence-corrected chi connectivity index (χ4v) is 2.65. The van der Waals surface area contributed by atoms with Crippen molar-refractivity contribution >= 4 is 11.3 Å². The van der Waals surface area contributed by atoms with E-state index in [0.29, 0.717) is 0 Å². The van der Waals surface area contributed by atoms with Gasteiger partial charge < -0.3 is 15.2 Å². The molecule has 0 aliphatic carbocycles. The third-order valence-electron chi connectivity index (χ3n) is 3.01. The minimum absolute atomic E-state index is 0.0132. The van der Waals surface area contributed by atoms with Gasteiger partial charge in [0.1, 0.15) is 17.6 Å². The molecule has 0 spiro atoms. The smallest absolute Gasteiger partial charge is 0.148 e. The standard InChI is InChI=1S/C15H19NO2S/c1-3-13(16)15(14-5-4-10-19-14)18-12-8-6-11(17-2)7-9-12/h4-10,13,15H,3,16H2,1-2H3. The van der Waals surface area contributed by atoms with Crippen LogP contribution in [0.25, 0.3) is 0 Å². The number of nitrogens with two attached hydrogens (primary N) is 1. The average Bonchev–Trinajstić information content (AvgIpc) is 2.98. The molecule has 3 nitrogen and oxygen atoms in total. The summed E-state index contributed by atoms with van der Waals surface area (Å²) >= 11 is 1.67. The van der Waals surface area contributed by atoms with Crippen LogP contribution >= 0.6 is 11.3 Å². The first kappa shape index (κ1) is 13.9. The first-order valence-corrected chi connectivity index (χ1v) is 7.22. The predicted molar refractivity (Wildman–Crippen MR) is 78.9 cm³/mol. The van der Waals surface area contributed by atoms with Crippen LogP contribution in [-0.4, -0.2) is 13.2 Å². The molecule has 0 saturated carbocycles. The Morgan fingerprint density at radius 2 is 1.84 bits per heavy atom. The molecule has 0 bridgehead atoms. The lowest BCUT2D eigenvalue weighted by Gasteiger charge is -2.23. The number of rotatable bonds is 6. The van der Waals surface area contributed by atoms with Crippen LogP contribution < -0.4 is 15.2 Å². The van der Waals surface area contributed by atoms with Gasteiger partial charge in [-0.25, -0.2) is 0 Å². The Balaban J connectivity index is 2.15. The quantitative estimate of drug-likeness (QED) is 0.877. The highest BCUT2D eigenvalue weighted by Gasteiger charge is 2.21. The molecule has 0 aliphatic heterocycles. The van der Waals surface area contributed by atoms with E-state index in [2.05, 4.69) is 13.0 Å². The van der Waals surface area contributed by atoms with Crippen LogP contribution in [0, 0.1) is 0 Å². The Kier molecular flexibility index (Phi) is 4.82. The van der Waals surface area contributed by atoms with Crippen molar-refractivity contribution in [3.8, 4) is 11.5 Å². The van der Waals surface area contributed by atoms with E-state index in [-0.39, 0.29) is 12.1 Å². The Hall–Kier alpha value is -1.52. The summed E-state index contributed by atoms with van der Waals surface area (Å²) in [4.78, 5) is 1.16. The molecule has 2 N–H and O–H groups in total. The van der Waals surface area contributed by atoms with Gasteiger partial charge in [-0.05, 0) is 42.1 Å². The summed E-state index contributed by atoms with van der Waals surface area (Å²) in [6, 6.07) is 11.7. The van der Waals surface area contributed by atoms with Crippen molar-refractivity contribution in [3.05, 3.63) is 46.7 Å². The second-order valence-electron chi connectivity index (χ2n) is 4.30. The molecule has 1 aromatic heterocycles. The number of thiophene rings is 1. The van der Waals surface area contributed by atoms with Gasteiger partial charge >= 0.3 is 0 Å². The van der Waals surface area contributed by atoms with Gasteiger partial charge in [-0.3, -0.25) is 0 Å². The molecule has 4 heteroatoms. The molecule has 2 unspecified atom stereocenters. The average molecular weight is 277 g/mol. The SMILES string of the molecule is CCC(N)C(Oc1ccc(OC)cc1)c1cccs1. The summed E-state index contributed by atoms with van der Waals surface area (Å²) in [5.74, 6) is 1.63. The van der Waals surface area contributed by atoms with Gasteiger partial charge in [-0.2, -0.15) is 0 Å². The number of methoxy groups -OCH3 is 1. The van der Waals surface area contributed by atoms with Crippen molar-refractivity contribution in [1.82, 2.24) is 0 Å². The van der Waals surface area contributed by atoms with Crippen molar-refractivity contribution < 1.29 is 9.47 Å². The summed E-state index contributed by atoms with van der Waals surface area (Å²) in [6.07, 6.45) is 0.775. The number of hydrogen-bond donors (Lipinski definition) is 1. The highest BCUT2D eigenvalue weighted by atomic mass is 32.1. The molecule has 2 atom stereocenters. The lowest BCUT2D eigenvalue weighted by atomic mass is 10.1. The molecule has 19 heavy (non-hydrogen) atoms. The topological polar surface area (TPSA) is 44.5 Å². The normalized spacial score (nSPS) is 13.8. The minimum atomic E-state index is -0.0987.